The highest BCUT2D eigenvalue weighted by atomic mass is 35.5. The summed E-state index contributed by atoms with van der Waals surface area (Å²) in [5.74, 6) is -0.146. The summed E-state index contributed by atoms with van der Waals surface area (Å²) in [5, 5.41) is 0.171. The van der Waals surface area contributed by atoms with E-state index in [1.807, 2.05) is 13.0 Å². The normalized spacial score (nSPS) is 13.7. The number of hydrogen-bond acceptors (Lipinski definition) is 2. The number of rotatable bonds is 5. The maximum absolute atomic E-state index is 12.7. The predicted octanol–water partition coefficient (Wildman–Crippen LogP) is 4.76. The fourth-order valence-corrected chi connectivity index (χ4v) is 4.03. The molecular weight excluding hydrogens is 327 g/mol. The van der Waals surface area contributed by atoms with Crippen molar-refractivity contribution in [3.05, 3.63) is 64.1 Å². The van der Waals surface area contributed by atoms with Crippen LogP contribution in [0.4, 0.5) is 0 Å². The molecule has 2 rings (SSSR count). The topological polar surface area (TPSA) is 34.1 Å². The monoisotopic (exact) mass is 340 g/mol. The molecule has 0 N–H and O–H groups in total. The summed E-state index contributed by atoms with van der Waals surface area (Å²) in [7, 11) is -1.54. The Balaban J connectivity index is 2.35. The molecule has 2 aromatic rings. The Morgan fingerprint density at radius 3 is 2.43 bits per heavy atom. The van der Waals surface area contributed by atoms with Crippen LogP contribution in [0.25, 0.3) is 0 Å². The van der Waals surface area contributed by atoms with Gasteiger partial charge in [0.25, 0.3) is 0 Å². The van der Waals surface area contributed by atoms with Crippen molar-refractivity contribution in [1.29, 1.82) is 0 Å². The molecular formula is C16H14Cl2O2S. The number of halogens is 2. The molecule has 0 radical (unpaired) electrons. The van der Waals surface area contributed by atoms with Gasteiger partial charge in [-0.3, -0.25) is 9.00 Å². The maximum atomic E-state index is 12.7. The van der Waals surface area contributed by atoms with Crippen LogP contribution in [0.15, 0.2) is 53.4 Å². The molecule has 21 heavy (non-hydrogen) atoms. The quantitative estimate of drug-likeness (QED) is 0.735. The molecule has 2 atom stereocenters. The van der Waals surface area contributed by atoms with Gasteiger partial charge in [-0.2, -0.15) is 0 Å². The van der Waals surface area contributed by atoms with Crippen LogP contribution in [0.1, 0.15) is 23.7 Å². The number of hydrogen-bond donors (Lipinski definition) is 0. The van der Waals surface area contributed by atoms with Crippen molar-refractivity contribution >= 4 is 39.8 Å². The fraction of sp³-hybridized carbons (Fsp3) is 0.188. The molecule has 0 aliphatic heterocycles. The molecule has 0 bridgehead atoms. The molecule has 5 heteroatoms. The molecule has 0 fully saturated rings. The second-order valence-electron chi connectivity index (χ2n) is 4.50. The first-order chi connectivity index (χ1) is 10.0. The van der Waals surface area contributed by atoms with Gasteiger partial charge < -0.3 is 0 Å². The Kier molecular flexibility index (Phi) is 5.57. The number of carbonyl (C=O) groups is 1. The van der Waals surface area contributed by atoms with Crippen LogP contribution >= 0.6 is 23.2 Å². The van der Waals surface area contributed by atoms with Crippen molar-refractivity contribution in [2.75, 3.05) is 0 Å². The second kappa shape index (κ2) is 7.21. The van der Waals surface area contributed by atoms with E-state index in [0.29, 0.717) is 26.9 Å². The van der Waals surface area contributed by atoms with Crippen molar-refractivity contribution in [3.8, 4) is 0 Å². The second-order valence-corrected chi connectivity index (χ2v) is 6.95. The van der Waals surface area contributed by atoms with Gasteiger partial charge in [-0.05, 0) is 24.6 Å². The summed E-state index contributed by atoms with van der Waals surface area (Å²) >= 11 is 12.0. The van der Waals surface area contributed by atoms with Crippen LogP contribution in [0, 0.1) is 0 Å². The van der Waals surface area contributed by atoms with E-state index in [0.717, 1.165) is 0 Å². The minimum absolute atomic E-state index is 0.146. The third kappa shape index (κ3) is 3.73. The van der Waals surface area contributed by atoms with Crippen LogP contribution in [-0.4, -0.2) is 15.2 Å². The lowest BCUT2D eigenvalue weighted by atomic mass is 10.1. The smallest absolute Gasteiger partial charge is 0.178 e. The van der Waals surface area contributed by atoms with Gasteiger partial charge in [0.05, 0.1) is 20.7 Å². The van der Waals surface area contributed by atoms with E-state index >= 15 is 0 Å². The Hall–Kier alpha value is -1.16. The minimum Gasteiger partial charge on any atom is -0.293 e. The molecule has 0 aliphatic carbocycles. The molecule has 110 valence electrons. The molecule has 2 aromatic carbocycles. The number of benzene rings is 2. The highest BCUT2D eigenvalue weighted by molar-refractivity contribution is 7.86. The molecule has 0 aromatic heterocycles. The molecule has 2 nitrogen and oxygen atoms in total. The average Bonchev–Trinajstić information content (AvgIpc) is 2.51. The van der Waals surface area contributed by atoms with E-state index in [2.05, 4.69) is 0 Å². The first-order valence-corrected chi connectivity index (χ1v) is 8.46. The van der Waals surface area contributed by atoms with Gasteiger partial charge in [-0.15, -0.1) is 0 Å². The van der Waals surface area contributed by atoms with E-state index < -0.39 is 16.0 Å². The van der Waals surface area contributed by atoms with Crippen LogP contribution < -0.4 is 0 Å². The molecule has 0 saturated carbocycles. The Morgan fingerprint density at radius 2 is 1.81 bits per heavy atom. The summed E-state index contributed by atoms with van der Waals surface area (Å²) in [4.78, 5) is 12.9. The van der Waals surface area contributed by atoms with E-state index in [1.165, 1.54) is 0 Å². The first kappa shape index (κ1) is 16.2. The maximum Gasteiger partial charge on any atom is 0.178 e. The summed E-state index contributed by atoms with van der Waals surface area (Å²) in [6.07, 6.45) is 0.461. The van der Waals surface area contributed by atoms with E-state index in [9.17, 15) is 9.00 Å². The zero-order valence-electron chi connectivity index (χ0n) is 11.4. The van der Waals surface area contributed by atoms with Crippen LogP contribution in [0.2, 0.25) is 10.0 Å². The van der Waals surface area contributed by atoms with Crippen LogP contribution in [0.3, 0.4) is 0 Å². The standard InChI is InChI=1S/C16H14Cl2O2S/c1-2-14(16(19)11-6-4-3-5-7-11)21(20)15-10-12(17)8-9-13(15)18/h3-10,14H,2H2,1H3. The van der Waals surface area contributed by atoms with E-state index in [-0.39, 0.29) is 5.78 Å². The fourth-order valence-electron chi connectivity index (χ4n) is 2.01. The van der Waals surface area contributed by atoms with Gasteiger partial charge in [0.1, 0.15) is 5.25 Å². The predicted molar refractivity (Wildman–Crippen MR) is 87.7 cm³/mol. The summed E-state index contributed by atoms with van der Waals surface area (Å²) in [5.41, 5.74) is 0.552. The number of carbonyl (C=O) groups excluding carboxylic acids is 1. The molecule has 0 heterocycles. The first-order valence-electron chi connectivity index (χ1n) is 6.49. The van der Waals surface area contributed by atoms with Gasteiger partial charge in [-0.1, -0.05) is 60.5 Å². The Labute approximate surface area is 136 Å². The zero-order chi connectivity index (χ0) is 15.4. The van der Waals surface area contributed by atoms with Crippen molar-refractivity contribution in [1.82, 2.24) is 0 Å². The van der Waals surface area contributed by atoms with Crippen molar-refractivity contribution < 1.29 is 9.00 Å². The van der Waals surface area contributed by atoms with Gasteiger partial charge in [0.2, 0.25) is 0 Å². The number of Topliss-reactive ketones (excluding diaryl/α,β-unsaturated/α-hetero) is 1. The highest BCUT2D eigenvalue weighted by Gasteiger charge is 2.27. The van der Waals surface area contributed by atoms with Crippen molar-refractivity contribution in [2.45, 2.75) is 23.5 Å². The SMILES string of the molecule is CCC(C(=O)c1ccccc1)S(=O)c1cc(Cl)ccc1Cl. The summed E-state index contributed by atoms with van der Waals surface area (Å²) in [6, 6.07) is 13.6. The molecule has 0 spiro atoms. The van der Waals surface area contributed by atoms with Gasteiger partial charge in [0.15, 0.2) is 5.78 Å². The van der Waals surface area contributed by atoms with E-state index in [4.69, 9.17) is 23.2 Å². The molecule has 0 amide bonds. The third-order valence-corrected chi connectivity index (χ3v) is 5.60. The summed E-state index contributed by atoms with van der Waals surface area (Å²) in [6.45, 7) is 1.84. The van der Waals surface area contributed by atoms with Crippen molar-refractivity contribution in [2.24, 2.45) is 0 Å². The molecule has 0 saturated heterocycles. The minimum atomic E-state index is -1.54. The Morgan fingerprint density at radius 1 is 1.14 bits per heavy atom. The summed E-state index contributed by atoms with van der Waals surface area (Å²) < 4.78 is 12.7. The van der Waals surface area contributed by atoms with Crippen molar-refractivity contribution in [3.63, 3.8) is 0 Å². The molecule has 2 unspecified atom stereocenters. The van der Waals surface area contributed by atoms with Gasteiger partial charge in [0, 0.05) is 10.6 Å². The largest absolute Gasteiger partial charge is 0.293 e. The third-order valence-electron chi connectivity index (χ3n) is 3.09. The highest BCUT2D eigenvalue weighted by Crippen LogP contribution is 2.27. The van der Waals surface area contributed by atoms with Gasteiger partial charge in [-0.25, -0.2) is 0 Å². The van der Waals surface area contributed by atoms with Crippen LogP contribution in [-0.2, 0) is 10.8 Å². The number of ketones is 1. The van der Waals surface area contributed by atoms with Crippen LogP contribution in [0.5, 0.6) is 0 Å². The van der Waals surface area contributed by atoms with E-state index in [1.54, 1.807) is 42.5 Å². The Bertz CT molecular complexity index is 671. The lowest BCUT2D eigenvalue weighted by Gasteiger charge is -2.15. The van der Waals surface area contributed by atoms with Gasteiger partial charge >= 0.3 is 0 Å². The average molecular weight is 341 g/mol. The zero-order valence-corrected chi connectivity index (χ0v) is 13.7. The molecule has 0 aliphatic rings. The lowest BCUT2D eigenvalue weighted by Crippen LogP contribution is -2.25. The lowest BCUT2D eigenvalue weighted by molar-refractivity contribution is 0.0986.